The Morgan fingerprint density at radius 3 is 2.29 bits per heavy atom. The Morgan fingerprint density at radius 2 is 1.67 bits per heavy atom. The molecule has 286 valence electrons. The number of ether oxygens (including phenoxy) is 1. The molecule has 0 radical (unpaired) electrons. The average Bonchev–Trinajstić information content (AvgIpc) is 3.60. The summed E-state index contributed by atoms with van der Waals surface area (Å²) in [7, 11) is 1.00. The zero-order chi connectivity index (χ0) is 37.7. The van der Waals surface area contributed by atoms with Gasteiger partial charge >= 0.3 is 5.97 Å². The van der Waals surface area contributed by atoms with Crippen LogP contribution in [-0.2, 0) is 28.7 Å². The molecule has 2 amide bonds. The van der Waals surface area contributed by atoms with Crippen LogP contribution in [0.4, 0.5) is 0 Å². The molecule has 0 spiro atoms. The van der Waals surface area contributed by atoms with E-state index in [1.54, 1.807) is 18.7 Å². The number of nitrogens with one attached hydrogen (secondary N) is 1. The van der Waals surface area contributed by atoms with Crippen molar-refractivity contribution in [3.8, 4) is 0 Å². The number of ketones is 1. The van der Waals surface area contributed by atoms with Crippen molar-refractivity contribution < 1.29 is 33.8 Å². The number of nitrogens with zero attached hydrogens (tertiary/aromatic N) is 1. The number of aldehydes is 1. The Balaban J connectivity index is 0.00000248. The summed E-state index contributed by atoms with van der Waals surface area (Å²) in [6.07, 6.45) is 10.8. The van der Waals surface area contributed by atoms with Gasteiger partial charge in [-0.2, -0.15) is 0 Å². The number of Topliss-reactive ketones (excluding diaryl/α,β-unsaturated/α-hetero) is 1. The molecule has 0 aromatic heterocycles. The van der Waals surface area contributed by atoms with Crippen LogP contribution < -0.4 is 5.32 Å². The lowest BCUT2D eigenvalue weighted by atomic mass is 9.37. The van der Waals surface area contributed by atoms with Crippen LogP contribution in [0.5, 0.6) is 0 Å². The van der Waals surface area contributed by atoms with Crippen molar-refractivity contribution in [2.24, 2.45) is 51.2 Å². The Hall–Kier alpha value is -2.55. The second kappa shape index (κ2) is 14.4. The average molecular weight is 711 g/mol. The standard InChI is InChI=1S/C41H62N2O6.CH4O/c1-25(2)35-28(45)22-41(42-32(46)16-21-43-20-9-10-33(43)47)19-13-27-26(36(35)41)11-12-30-39(27,7)17-14-29-38(5,6)31(15-18-40(29,30)8)49-34(48)23-37(3,4)24-44;1-2/h24-27,29-31H,9-23H2,1-8H3,(H,42,46);2H,1H3. The van der Waals surface area contributed by atoms with Gasteiger partial charge in [-0.1, -0.05) is 55.4 Å². The predicted octanol–water partition coefficient (Wildman–Crippen LogP) is 6.59. The third-order valence-corrected chi connectivity index (χ3v) is 14.9. The predicted molar refractivity (Wildman–Crippen MR) is 196 cm³/mol. The van der Waals surface area contributed by atoms with Crippen LogP contribution in [-0.4, -0.2) is 71.7 Å². The van der Waals surface area contributed by atoms with E-state index >= 15 is 0 Å². The summed E-state index contributed by atoms with van der Waals surface area (Å²) < 4.78 is 6.18. The highest BCUT2D eigenvalue weighted by atomic mass is 16.5. The lowest BCUT2D eigenvalue weighted by Gasteiger charge is -2.68. The first-order valence-electron chi connectivity index (χ1n) is 19.9. The number of aliphatic hydroxyl groups is 1. The van der Waals surface area contributed by atoms with Gasteiger partial charge < -0.3 is 24.9 Å². The van der Waals surface area contributed by atoms with E-state index in [-0.39, 0.29) is 70.6 Å². The molecule has 1 saturated heterocycles. The first-order chi connectivity index (χ1) is 23.9. The van der Waals surface area contributed by atoms with Crippen LogP contribution in [0.1, 0.15) is 139 Å². The van der Waals surface area contributed by atoms with Gasteiger partial charge in [-0.15, -0.1) is 0 Å². The van der Waals surface area contributed by atoms with Crippen molar-refractivity contribution in [2.45, 2.75) is 151 Å². The van der Waals surface area contributed by atoms with E-state index in [9.17, 15) is 24.0 Å². The van der Waals surface area contributed by atoms with Gasteiger partial charge in [0.15, 0.2) is 5.78 Å². The largest absolute Gasteiger partial charge is 0.462 e. The molecule has 4 saturated carbocycles. The minimum absolute atomic E-state index is 0.0456. The van der Waals surface area contributed by atoms with Crippen LogP contribution in [0.15, 0.2) is 11.1 Å². The maximum atomic E-state index is 13.8. The molecule has 9 heteroatoms. The van der Waals surface area contributed by atoms with E-state index in [0.717, 1.165) is 83.3 Å². The Bertz CT molecular complexity index is 1430. The first-order valence-corrected chi connectivity index (χ1v) is 19.9. The van der Waals surface area contributed by atoms with E-state index < -0.39 is 11.0 Å². The van der Waals surface area contributed by atoms with Crippen molar-refractivity contribution in [2.75, 3.05) is 20.2 Å². The molecule has 6 aliphatic rings. The number of hydrogen-bond acceptors (Lipinski definition) is 7. The smallest absolute Gasteiger partial charge is 0.307 e. The van der Waals surface area contributed by atoms with Crippen LogP contribution >= 0.6 is 0 Å². The van der Waals surface area contributed by atoms with Crippen molar-refractivity contribution in [3.05, 3.63) is 11.1 Å². The summed E-state index contributed by atoms with van der Waals surface area (Å²) in [6.45, 7) is 18.7. The van der Waals surface area contributed by atoms with Gasteiger partial charge in [0, 0.05) is 50.3 Å². The summed E-state index contributed by atoms with van der Waals surface area (Å²) >= 11 is 0. The molecule has 2 N–H and O–H groups in total. The van der Waals surface area contributed by atoms with Gasteiger partial charge in [-0.3, -0.25) is 19.2 Å². The Morgan fingerprint density at radius 1 is 0.980 bits per heavy atom. The van der Waals surface area contributed by atoms with Gasteiger partial charge in [0.2, 0.25) is 11.8 Å². The van der Waals surface area contributed by atoms with Crippen LogP contribution in [0, 0.1) is 51.2 Å². The zero-order valence-corrected chi connectivity index (χ0v) is 33.0. The van der Waals surface area contributed by atoms with Crippen molar-refractivity contribution in [1.82, 2.24) is 10.2 Å². The number of esters is 1. The van der Waals surface area contributed by atoms with E-state index in [4.69, 9.17) is 9.84 Å². The third-order valence-electron chi connectivity index (χ3n) is 14.9. The van der Waals surface area contributed by atoms with Crippen LogP contribution in [0.25, 0.3) is 0 Å². The molecule has 51 heavy (non-hydrogen) atoms. The highest BCUT2D eigenvalue weighted by molar-refractivity contribution is 6.02. The van der Waals surface area contributed by atoms with Gasteiger partial charge in [0.25, 0.3) is 0 Å². The number of likely N-dealkylation sites (tertiary alicyclic amines) is 1. The monoisotopic (exact) mass is 710 g/mol. The molecule has 8 unspecified atom stereocenters. The summed E-state index contributed by atoms with van der Waals surface area (Å²) in [6, 6.07) is 0. The molecular formula is C42H66N2O7. The number of aliphatic hydroxyl groups excluding tert-OH is 1. The van der Waals surface area contributed by atoms with E-state index in [1.165, 1.54) is 5.57 Å². The molecule has 1 heterocycles. The number of carbonyl (C=O) groups is 5. The molecule has 5 aliphatic carbocycles. The van der Waals surface area contributed by atoms with Crippen molar-refractivity contribution in [3.63, 3.8) is 0 Å². The lowest BCUT2D eigenvalue weighted by Crippen LogP contribution is -2.64. The number of amides is 2. The van der Waals surface area contributed by atoms with E-state index in [1.807, 2.05) is 0 Å². The highest BCUT2D eigenvalue weighted by Gasteiger charge is 2.67. The van der Waals surface area contributed by atoms with E-state index in [2.05, 4.69) is 46.9 Å². The minimum Gasteiger partial charge on any atom is -0.462 e. The maximum Gasteiger partial charge on any atom is 0.307 e. The lowest BCUT2D eigenvalue weighted by molar-refractivity contribution is -0.213. The number of rotatable bonds is 9. The van der Waals surface area contributed by atoms with Crippen molar-refractivity contribution >= 4 is 29.9 Å². The fourth-order valence-electron chi connectivity index (χ4n) is 12.7. The SMILES string of the molecule is CC(C)C1=C2C3CCC4C(C)(CCC5C(C)(C)C(OC(=O)CC(C)(C)C=O)CCC54C)C3CCC2(NC(=O)CCN2CCCC2=O)CC1=O.CO. The fourth-order valence-corrected chi connectivity index (χ4v) is 12.7. The topological polar surface area (TPSA) is 130 Å². The first kappa shape index (κ1) is 39.7. The third kappa shape index (κ3) is 6.87. The second-order valence-corrected chi connectivity index (χ2v) is 19.1. The second-order valence-electron chi connectivity index (χ2n) is 19.1. The molecule has 0 aromatic rings. The van der Waals surface area contributed by atoms with Gasteiger partial charge in [-0.25, -0.2) is 0 Å². The molecule has 0 bridgehead atoms. The molecule has 8 atom stereocenters. The quantitative estimate of drug-likeness (QED) is 0.204. The number of fused-ring (bicyclic) bond motifs is 7. The molecule has 1 aliphatic heterocycles. The number of carbonyl (C=O) groups excluding carboxylic acids is 5. The van der Waals surface area contributed by atoms with Gasteiger partial charge in [0.1, 0.15) is 12.4 Å². The maximum absolute atomic E-state index is 13.8. The van der Waals surface area contributed by atoms with Crippen LogP contribution in [0.2, 0.25) is 0 Å². The summed E-state index contributed by atoms with van der Waals surface area (Å²) in [5, 5.41) is 10.5. The molecule has 6 rings (SSSR count). The number of hydrogen-bond donors (Lipinski definition) is 2. The summed E-state index contributed by atoms with van der Waals surface area (Å²) in [5.74, 6) is 1.81. The number of allylic oxidation sites excluding steroid dienone is 1. The van der Waals surface area contributed by atoms with Crippen LogP contribution in [0.3, 0.4) is 0 Å². The van der Waals surface area contributed by atoms with Gasteiger partial charge in [0.05, 0.1) is 12.0 Å². The Labute approximate surface area is 306 Å². The normalized spacial score (nSPS) is 37.1. The molecular weight excluding hydrogens is 644 g/mol. The highest BCUT2D eigenvalue weighted by Crippen LogP contribution is 2.72. The van der Waals surface area contributed by atoms with E-state index in [0.29, 0.717) is 37.1 Å². The zero-order valence-electron chi connectivity index (χ0n) is 33.0. The molecule has 5 fully saturated rings. The van der Waals surface area contributed by atoms with Gasteiger partial charge in [-0.05, 0) is 109 Å². The van der Waals surface area contributed by atoms with Crippen molar-refractivity contribution in [1.29, 1.82) is 0 Å². The Kier molecular flexibility index (Phi) is 11.2. The fraction of sp³-hybridized carbons (Fsp3) is 0.833. The molecule has 0 aromatic carbocycles. The summed E-state index contributed by atoms with van der Waals surface area (Å²) in [5.41, 5.74) is 0.944. The molecule has 9 nitrogen and oxygen atoms in total. The minimum atomic E-state index is -0.723. The summed E-state index contributed by atoms with van der Waals surface area (Å²) in [4.78, 5) is 65.8.